The van der Waals surface area contributed by atoms with Crippen LogP contribution in [0.5, 0.6) is 0 Å². The number of carbonyl (C=O) groups excluding carboxylic acids is 2. The van der Waals surface area contributed by atoms with Gasteiger partial charge in [0.05, 0.1) is 18.9 Å². The number of pyridine rings is 1. The third-order valence-electron chi connectivity index (χ3n) is 5.25. The number of carbonyl (C=O) groups is 2. The molecule has 3 heterocycles. The maximum Gasteiger partial charge on any atom is 0.227 e. The minimum Gasteiger partial charge on any atom is -0.378 e. The van der Waals surface area contributed by atoms with E-state index in [1.807, 2.05) is 36.4 Å². The molecule has 7 nitrogen and oxygen atoms in total. The van der Waals surface area contributed by atoms with Crippen molar-refractivity contribution >= 4 is 35.1 Å². The molecule has 2 amide bonds. The van der Waals surface area contributed by atoms with Crippen molar-refractivity contribution < 1.29 is 14.3 Å². The second-order valence-electron chi connectivity index (χ2n) is 7.22. The molecule has 0 unspecified atom stereocenters. The number of anilines is 2. The first kappa shape index (κ1) is 20.7. The number of rotatable bonds is 6. The van der Waals surface area contributed by atoms with E-state index in [0.29, 0.717) is 26.3 Å². The summed E-state index contributed by atoms with van der Waals surface area (Å²) in [5.41, 5.74) is 1.92. The van der Waals surface area contributed by atoms with Gasteiger partial charge in [-0.15, -0.1) is 11.8 Å². The average molecular weight is 427 g/mol. The molecule has 0 saturated carbocycles. The highest BCUT2D eigenvalue weighted by Gasteiger charge is 2.23. The van der Waals surface area contributed by atoms with Crippen molar-refractivity contribution in [3.63, 3.8) is 0 Å². The van der Waals surface area contributed by atoms with Crippen molar-refractivity contribution in [3.05, 3.63) is 48.2 Å². The number of morpholine rings is 1. The number of fused-ring (bicyclic) bond motifs is 1. The van der Waals surface area contributed by atoms with E-state index >= 15 is 0 Å². The Morgan fingerprint density at radius 3 is 2.77 bits per heavy atom. The van der Waals surface area contributed by atoms with E-state index < -0.39 is 0 Å². The molecule has 1 N–H and O–H groups in total. The molecule has 158 valence electrons. The summed E-state index contributed by atoms with van der Waals surface area (Å²) in [5, 5.41) is 2.94. The lowest BCUT2D eigenvalue weighted by atomic mass is 10.2. The molecule has 0 atom stereocenters. The van der Waals surface area contributed by atoms with Crippen LogP contribution < -0.4 is 15.1 Å². The van der Waals surface area contributed by atoms with Gasteiger partial charge in [0.1, 0.15) is 5.82 Å². The molecule has 0 aliphatic carbocycles. The Balaban J connectivity index is 1.30. The fraction of sp³-hybridized carbons (Fsp3) is 0.409. The highest BCUT2D eigenvalue weighted by molar-refractivity contribution is 7.99. The first-order valence-corrected chi connectivity index (χ1v) is 11.3. The van der Waals surface area contributed by atoms with Crippen molar-refractivity contribution in [2.45, 2.75) is 24.3 Å². The molecule has 1 saturated heterocycles. The van der Waals surface area contributed by atoms with Crippen LogP contribution in [-0.2, 0) is 20.9 Å². The van der Waals surface area contributed by atoms with Crippen LogP contribution in [0.3, 0.4) is 0 Å². The molecular formula is C22H26N4O3S. The highest BCUT2D eigenvalue weighted by atomic mass is 32.2. The van der Waals surface area contributed by atoms with Crippen molar-refractivity contribution in [2.75, 3.05) is 48.4 Å². The van der Waals surface area contributed by atoms with Crippen LogP contribution in [0.4, 0.5) is 11.5 Å². The molecule has 4 rings (SSSR count). The highest BCUT2D eigenvalue weighted by Crippen LogP contribution is 2.34. The number of para-hydroxylation sites is 1. The largest absolute Gasteiger partial charge is 0.378 e. The summed E-state index contributed by atoms with van der Waals surface area (Å²) in [5.74, 6) is 1.63. The van der Waals surface area contributed by atoms with E-state index in [0.717, 1.165) is 40.8 Å². The second-order valence-corrected chi connectivity index (χ2v) is 8.36. The molecule has 8 heteroatoms. The van der Waals surface area contributed by atoms with Gasteiger partial charge in [0, 0.05) is 61.4 Å². The lowest BCUT2D eigenvalue weighted by Crippen LogP contribution is -2.38. The molecule has 1 aromatic carbocycles. The van der Waals surface area contributed by atoms with Gasteiger partial charge in [0.2, 0.25) is 11.8 Å². The Kier molecular flexibility index (Phi) is 6.86. The van der Waals surface area contributed by atoms with Gasteiger partial charge in [-0.25, -0.2) is 4.98 Å². The number of aromatic nitrogens is 1. The number of ether oxygens (including phenoxy) is 1. The fourth-order valence-electron chi connectivity index (χ4n) is 3.69. The Morgan fingerprint density at radius 2 is 1.90 bits per heavy atom. The summed E-state index contributed by atoms with van der Waals surface area (Å²) < 4.78 is 5.41. The van der Waals surface area contributed by atoms with Crippen LogP contribution in [0, 0.1) is 0 Å². The van der Waals surface area contributed by atoms with Gasteiger partial charge in [-0.3, -0.25) is 9.59 Å². The van der Waals surface area contributed by atoms with Gasteiger partial charge in [0.25, 0.3) is 0 Å². The molecule has 0 spiro atoms. The molecule has 1 aromatic heterocycles. The number of amides is 2. The lowest BCUT2D eigenvalue weighted by Gasteiger charge is -2.29. The number of thioether (sulfide) groups is 1. The van der Waals surface area contributed by atoms with E-state index in [1.54, 1.807) is 22.9 Å². The summed E-state index contributed by atoms with van der Waals surface area (Å²) in [6, 6.07) is 11.8. The molecule has 1 fully saturated rings. The Hall–Kier alpha value is -2.58. The maximum atomic E-state index is 12.7. The molecule has 2 aliphatic heterocycles. The Labute approximate surface area is 180 Å². The Morgan fingerprint density at radius 1 is 1.07 bits per heavy atom. The van der Waals surface area contributed by atoms with Crippen molar-refractivity contribution in [3.8, 4) is 0 Å². The summed E-state index contributed by atoms with van der Waals surface area (Å²) in [6.07, 6.45) is 2.15. The minimum atomic E-state index is -0.125. The first-order valence-electron chi connectivity index (χ1n) is 10.3. The van der Waals surface area contributed by atoms with Crippen molar-refractivity contribution in [1.29, 1.82) is 0 Å². The zero-order valence-corrected chi connectivity index (χ0v) is 17.7. The van der Waals surface area contributed by atoms with Gasteiger partial charge in [-0.05, 0) is 18.2 Å². The fourth-order valence-corrected chi connectivity index (χ4v) is 4.69. The van der Waals surface area contributed by atoms with Crippen LogP contribution in [0.2, 0.25) is 0 Å². The summed E-state index contributed by atoms with van der Waals surface area (Å²) >= 11 is 1.76. The Bertz CT molecular complexity index is 901. The maximum absolute atomic E-state index is 12.7. The predicted octanol–water partition coefficient (Wildman–Crippen LogP) is 2.45. The van der Waals surface area contributed by atoms with E-state index in [1.165, 1.54) is 0 Å². The van der Waals surface area contributed by atoms with Crippen LogP contribution >= 0.6 is 11.8 Å². The van der Waals surface area contributed by atoms with E-state index in [9.17, 15) is 9.59 Å². The van der Waals surface area contributed by atoms with Crippen LogP contribution in [-0.4, -0.2) is 55.4 Å². The minimum absolute atomic E-state index is 0.00622. The summed E-state index contributed by atoms with van der Waals surface area (Å²) in [4.78, 5) is 34.7. The van der Waals surface area contributed by atoms with Crippen LogP contribution in [0.1, 0.15) is 18.4 Å². The smallest absolute Gasteiger partial charge is 0.227 e. The molecule has 30 heavy (non-hydrogen) atoms. The van der Waals surface area contributed by atoms with Crippen molar-refractivity contribution in [2.24, 2.45) is 0 Å². The lowest BCUT2D eigenvalue weighted by molar-refractivity contribution is -0.125. The number of hydrogen-bond donors (Lipinski definition) is 1. The van der Waals surface area contributed by atoms with Crippen LogP contribution in [0.15, 0.2) is 47.5 Å². The van der Waals surface area contributed by atoms with Gasteiger partial charge >= 0.3 is 0 Å². The molecule has 0 bridgehead atoms. The molecule has 0 radical (unpaired) electrons. The van der Waals surface area contributed by atoms with Gasteiger partial charge in [-0.1, -0.05) is 18.2 Å². The van der Waals surface area contributed by atoms with Crippen LogP contribution in [0.25, 0.3) is 0 Å². The third kappa shape index (κ3) is 4.94. The molecular weight excluding hydrogens is 400 g/mol. The van der Waals surface area contributed by atoms with Gasteiger partial charge in [0.15, 0.2) is 0 Å². The number of nitrogens with one attached hydrogen (secondary N) is 1. The average Bonchev–Trinajstić information content (AvgIpc) is 2.81. The van der Waals surface area contributed by atoms with E-state index in [-0.39, 0.29) is 24.7 Å². The zero-order valence-electron chi connectivity index (χ0n) is 16.9. The van der Waals surface area contributed by atoms with Gasteiger partial charge in [-0.2, -0.15) is 0 Å². The zero-order chi connectivity index (χ0) is 20.8. The second kappa shape index (κ2) is 9.95. The topological polar surface area (TPSA) is 74.8 Å². The standard InChI is InChI=1S/C22H26N4O3S/c27-20(7-8-21(28)26-12-15-30-19-6-2-1-5-18(19)26)24-16-17-4-3-9-23-22(17)25-10-13-29-14-11-25/h1-6,9H,7-8,10-16H2,(H,24,27). The van der Waals surface area contributed by atoms with Crippen molar-refractivity contribution in [1.82, 2.24) is 10.3 Å². The molecule has 2 aliphatic rings. The number of nitrogens with zero attached hydrogens (tertiary/aromatic N) is 3. The quantitative estimate of drug-likeness (QED) is 0.765. The monoisotopic (exact) mass is 426 g/mol. The summed E-state index contributed by atoms with van der Waals surface area (Å²) in [6.45, 7) is 4.03. The third-order valence-corrected chi connectivity index (χ3v) is 6.29. The first-order chi connectivity index (χ1) is 14.7. The number of hydrogen-bond acceptors (Lipinski definition) is 6. The van der Waals surface area contributed by atoms with Gasteiger partial charge < -0.3 is 19.9 Å². The number of benzene rings is 1. The SMILES string of the molecule is O=C(CCC(=O)N1CCSc2ccccc21)NCc1cccnc1N1CCOCC1. The summed E-state index contributed by atoms with van der Waals surface area (Å²) in [7, 11) is 0. The predicted molar refractivity (Wildman–Crippen MR) is 118 cm³/mol. The van der Waals surface area contributed by atoms with E-state index in [4.69, 9.17) is 4.74 Å². The normalized spacial score (nSPS) is 16.1. The molecule has 2 aromatic rings. The van der Waals surface area contributed by atoms with E-state index in [2.05, 4.69) is 15.2 Å².